The fraction of sp³-hybridized carbons (Fsp3) is 0.300. The first-order valence-electron chi connectivity index (χ1n) is 8.91. The lowest BCUT2D eigenvalue weighted by atomic mass is 10.1. The van der Waals surface area contributed by atoms with Gasteiger partial charge in [-0.05, 0) is 42.3 Å². The van der Waals surface area contributed by atoms with Crippen LogP contribution in [0.3, 0.4) is 0 Å². The van der Waals surface area contributed by atoms with Gasteiger partial charge in [-0.3, -0.25) is 0 Å². The summed E-state index contributed by atoms with van der Waals surface area (Å²) in [4.78, 5) is 1.91. The molecule has 0 aliphatic rings. The summed E-state index contributed by atoms with van der Waals surface area (Å²) in [5, 5.41) is 18.2. The second-order valence-corrected chi connectivity index (χ2v) is 7.05. The molecular formula is C20H25NO6S. The molecule has 0 saturated carbocycles. The molecule has 0 bridgehead atoms. The van der Waals surface area contributed by atoms with Crippen LogP contribution >= 0.6 is 0 Å². The topological polar surface area (TPSA) is 96.3 Å². The highest BCUT2D eigenvalue weighted by Crippen LogP contribution is 2.19. The third-order valence-electron chi connectivity index (χ3n) is 3.81. The number of hydrogen-bond acceptors (Lipinski definition) is 7. The van der Waals surface area contributed by atoms with Crippen molar-refractivity contribution in [1.82, 2.24) is 0 Å². The smallest absolute Gasteiger partial charge is 0.395 e. The van der Waals surface area contributed by atoms with Crippen LogP contribution in [0, 0.1) is 0 Å². The fourth-order valence-corrected chi connectivity index (χ4v) is 3.20. The monoisotopic (exact) mass is 407 g/mol. The normalized spacial score (nSPS) is 11.7. The summed E-state index contributed by atoms with van der Waals surface area (Å²) in [6.07, 6.45) is 3.83. The number of anilines is 1. The van der Waals surface area contributed by atoms with Gasteiger partial charge in [-0.15, -0.1) is 0 Å². The van der Waals surface area contributed by atoms with Crippen LogP contribution in [0.5, 0.6) is 5.75 Å². The molecule has 0 atom stereocenters. The summed E-state index contributed by atoms with van der Waals surface area (Å²) in [5.74, 6) is 0.183. The molecule has 2 aromatic carbocycles. The van der Waals surface area contributed by atoms with Gasteiger partial charge < -0.3 is 19.3 Å². The predicted molar refractivity (Wildman–Crippen MR) is 109 cm³/mol. The van der Waals surface area contributed by atoms with Crippen LogP contribution < -0.4 is 9.08 Å². The average molecular weight is 407 g/mol. The Morgan fingerprint density at radius 3 is 1.86 bits per heavy atom. The fourth-order valence-electron chi connectivity index (χ4n) is 2.52. The van der Waals surface area contributed by atoms with Gasteiger partial charge in [-0.1, -0.05) is 36.4 Å². The Bertz CT molecular complexity index is 841. The maximum atomic E-state index is 11.5. The van der Waals surface area contributed by atoms with Gasteiger partial charge in [0.1, 0.15) is 5.75 Å². The van der Waals surface area contributed by atoms with Crippen molar-refractivity contribution in [3.8, 4) is 5.75 Å². The van der Waals surface area contributed by atoms with E-state index in [0.717, 1.165) is 16.8 Å². The van der Waals surface area contributed by atoms with Crippen LogP contribution in [0.4, 0.5) is 5.69 Å². The number of benzene rings is 2. The minimum absolute atomic E-state index is 0.0136. The van der Waals surface area contributed by atoms with Gasteiger partial charge >= 0.3 is 10.4 Å². The van der Waals surface area contributed by atoms with Crippen LogP contribution in [0.1, 0.15) is 18.1 Å². The summed E-state index contributed by atoms with van der Waals surface area (Å²) < 4.78 is 32.3. The lowest BCUT2D eigenvalue weighted by Gasteiger charge is -2.22. The number of aliphatic hydroxyl groups excluding tert-OH is 2. The van der Waals surface area contributed by atoms with E-state index < -0.39 is 10.4 Å². The molecule has 2 N–H and O–H groups in total. The summed E-state index contributed by atoms with van der Waals surface area (Å²) >= 11 is 0. The van der Waals surface area contributed by atoms with Gasteiger partial charge in [0, 0.05) is 18.8 Å². The van der Waals surface area contributed by atoms with E-state index in [4.69, 9.17) is 14.4 Å². The molecule has 0 aliphatic carbocycles. The van der Waals surface area contributed by atoms with Crippen molar-refractivity contribution < 1.29 is 27.0 Å². The third kappa shape index (κ3) is 6.97. The number of rotatable bonds is 11. The van der Waals surface area contributed by atoms with Crippen molar-refractivity contribution >= 4 is 28.2 Å². The Morgan fingerprint density at radius 1 is 0.893 bits per heavy atom. The second kappa shape index (κ2) is 10.8. The lowest BCUT2D eigenvalue weighted by molar-refractivity contribution is 0.281. The molecule has 0 unspecified atom stereocenters. The van der Waals surface area contributed by atoms with Crippen molar-refractivity contribution in [3.05, 3.63) is 59.7 Å². The molecular weight excluding hydrogens is 382 g/mol. The van der Waals surface area contributed by atoms with Gasteiger partial charge in [-0.2, -0.15) is 8.42 Å². The first-order chi connectivity index (χ1) is 13.5. The second-order valence-electron chi connectivity index (χ2n) is 5.83. The molecule has 0 aromatic heterocycles. The van der Waals surface area contributed by atoms with Gasteiger partial charge in [0.2, 0.25) is 0 Å². The Labute approximate surface area is 165 Å². The highest BCUT2D eigenvalue weighted by molar-refractivity contribution is 7.82. The molecule has 8 heteroatoms. The van der Waals surface area contributed by atoms with E-state index in [1.54, 1.807) is 31.2 Å². The van der Waals surface area contributed by atoms with Crippen molar-refractivity contribution in [2.45, 2.75) is 6.92 Å². The van der Waals surface area contributed by atoms with E-state index in [9.17, 15) is 8.42 Å². The van der Waals surface area contributed by atoms with Crippen LogP contribution in [0.2, 0.25) is 0 Å². The molecule has 0 aliphatic heterocycles. The number of nitrogens with zero attached hydrogens (tertiary/aromatic N) is 1. The van der Waals surface area contributed by atoms with Crippen molar-refractivity contribution in [2.24, 2.45) is 0 Å². The average Bonchev–Trinajstić information content (AvgIpc) is 2.67. The maximum absolute atomic E-state index is 11.5. The number of aliphatic hydroxyl groups is 2. The summed E-state index contributed by atoms with van der Waals surface area (Å²) in [7, 11) is -4.03. The predicted octanol–water partition coefficient (Wildman–Crippen LogP) is 2.31. The highest BCUT2D eigenvalue weighted by Gasteiger charge is 2.12. The van der Waals surface area contributed by atoms with E-state index in [-0.39, 0.29) is 25.6 Å². The molecule has 0 amide bonds. The van der Waals surface area contributed by atoms with Gasteiger partial charge in [-0.25, -0.2) is 4.18 Å². The molecule has 2 aromatic rings. The Balaban J connectivity index is 2.01. The molecule has 0 heterocycles. The molecule has 0 saturated heterocycles. The van der Waals surface area contributed by atoms with Crippen molar-refractivity contribution in [1.29, 1.82) is 0 Å². The van der Waals surface area contributed by atoms with Crippen LogP contribution in [0.15, 0.2) is 48.5 Å². The largest absolute Gasteiger partial charge is 0.449 e. The first kappa shape index (κ1) is 21.9. The zero-order valence-electron chi connectivity index (χ0n) is 15.7. The summed E-state index contributed by atoms with van der Waals surface area (Å²) in [6.45, 7) is 2.55. The SMILES string of the molecule is CCOS(=O)(=O)Oc1ccc(C=Cc2ccc(N(CCO)CCO)cc2)cc1. The Morgan fingerprint density at radius 2 is 1.39 bits per heavy atom. The minimum atomic E-state index is -4.03. The zero-order valence-corrected chi connectivity index (χ0v) is 16.5. The molecule has 0 fully saturated rings. The third-order valence-corrected chi connectivity index (χ3v) is 4.73. The minimum Gasteiger partial charge on any atom is -0.395 e. The Kier molecular flexibility index (Phi) is 8.46. The van der Waals surface area contributed by atoms with E-state index >= 15 is 0 Å². The quantitative estimate of drug-likeness (QED) is 0.552. The van der Waals surface area contributed by atoms with E-state index in [2.05, 4.69) is 4.18 Å². The first-order valence-corrected chi connectivity index (χ1v) is 10.2. The lowest BCUT2D eigenvalue weighted by Crippen LogP contribution is -2.29. The van der Waals surface area contributed by atoms with Crippen LogP contribution in [-0.4, -0.2) is 51.5 Å². The molecule has 28 heavy (non-hydrogen) atoms. The highest BCUT2D eigenvalue weighted by atomic mass is 32.3. The molecule has 152 valence electrons. The van der Waals surface area contributed by atoms with E-state index in [1.165, 1.54) is 0 Å². The molecule has 0 spiro atoms. The zero-order chi connectivity index (χ0) is 20.4. The molecule has 2 rings (SSSR count). The van der Waals surface area contributed by atoms with E-state index in [0.29, 0.717) is 13.1 Å². The maximum Gasteiger partial charge on any atom is 0.449 e. The summed E-state index contributed by atoms with van der Waals surface area (Å²) in [5.41, 5.74) is 2.79. The number of hydrogen-bond donors (Lipinski definition) is 2. The van der Waals surface area contributed by atoms with E-state index in [1.807, 2.05) is 41.3 Å². The van der Waals surface area contributed by atoms with Gasteiger partial charge in [0.25, 0.3) is 0 Å². The van der Waals surface area contributed by atoms with Crippen molar-refractivity contribution in [2.75, 3.05) is 37.8 Å². The van der Waals surface area contributed by atoms with Crippen LogP contribution in [0.25, 0.3) is 12.2 Å². The van der Waals surface area contributed by atoms with Gasteiger partial charge in [0.15, 0.2) is 0 Å². The standard InChI is InChI=1S/C20H25NO6S/c1-2-26-28(24,25)27-20-11-7-18(8-12-20)4-3-17-5-9-19(10-6-17)21(13-15-22)14-16-23/h3-12,22-23H,2,13-16H2,1H3. The van der Waals surface area contributed by atoms with Crippen molar-refractivity contribution in [3.63, 3.8) is 0 Å². The molecule has 7 nitrogen and oxygen atoms in total. The Hall–Kier alpha value is -2.39. The summed E-state index contributed by atoms with van der Waals surface area (Å²) in [6, 6.07) is 14.3. The van der Waals surface area contributed by atoms with Gasteiger partial charge in [0.05, 0.1) is 19.8 Å². The molecule has 0 radical (unpaired) electrons. The van der Waals surface area contributed by atoms with Crippen LogP contribution in [-0.2, 0) is 14.6 Å².